The average Bonchev–Trinajstić information content (AvgIpc) is 2.77. The third-order valence-electron chi connectivity index (χ3n) is 4.76. The number of rotatable bonds is 6. The van der Waals surface area contributed by atoms with Gasteiger partial charge in [-0.15, -0.1) is 0 Å². The minimum absolute atomic E-state index is 0.178. The molecule has 6 nitrogen and oxygen atoms in total. The number of carbonyl (C=O) groups excluding carboxylic acids is 2. The molecule has 3 aromatic carbocycles. The number of hydrogen-bond acceptors (Lipinski definition) is 5. The second kappa shape index (κ2) is 9.59. The number of carbonyl (C=O) groups is 2. The molecular weight excluding hydrogens is 390 g/mol. The molecule has 0 heterocycles. The maximum absolute atomic E-state index is 12.6. The Morgan fingerprint density at radius 1 is 1.03 bits per heavy atom. The standard InChI is InChI=1S/C25H23N3O3/c1-17(24(29)27-23-10-6-8-19-7-4-5-9-22(19)23)31-25(30)20(16-26)15-18-11-13-21(14-12-18)28(2)3/h4-15,17H,1-3H3,(H,27,29)/b20-15+/t17-/m1/s1. The lowest BCUT2D eigenvalue weighted by Crippen LogP contribution is -2.30. The minimum atomic E-state index is -1.07. The maximum atomic E-state index is 12.6. The molecule has 0 saturated heterocycles. The van der Waals surface area contributed by atoms with Gasteiger partial charge in [0.15, 0.2) is 6.10 Å². The summed E-state index contributed by atoms with van der Waals surface area (Å²) in [5, 5.41) is 14.0. The van der Waals surface area contributed by atoms with Crippen LogP contribution in [0, 0.1) is 11.3 Å². The highest BCUT2D eigenvalue weighted by molar-refractivity contribution is 6.05. The summed E-state index contributed by atoms with van der Waals surface area (Å²) in [4.78, 5) is 26.9. The van der Waals surface area contributed by atoms with Gasteiger partial charge < -0.3 is 15.0 Å². The van der Waals surface area contributed by atoms with E-state index in [1.54, 1.807) is 18.2 Å². The molecule has 6 heteroatoms. The van der Waals surface area contributed by atoms with Gasteiger partial charge >= 0.3 is 5.97 Å². The number of nitriles is 1. The topological polar surface area (TPSA) is 82.4 Å². The van der Waals surface area contributed by atoms with Crippen molar-refractivity contribution < 1.29 is 14.3 Å². The smallest absolute Gasteiger partial charge is 0.349 e. The van der Waals surface area contributed by atoms with Crippen molar-refractivity contribution in [3.63, 3.8) is 0 Å². The number of nitrogens with zero attached hydrogens (tertiary/aromatic N) is 2. The minimum Gasteiger partial charge on any atom is -0.448 e. The van der Waals surface area contributed by atoms with Gasteiger partial charge in [0.05, 0.1) is 0 Å². The summed E-state index contributed by atoms with van der Waals surface area (Å²) in [6.07, 6.45) is 0.372. The number of benzene rings is 3. The van der Waals surface area contributed by atoms with Crippen LogP contribution in [0.3, 0.4) is 0 Å². The fraction of sp³-hybridized carbons (Fsp3) is 0.160. The van der Waals surface area contributed by atoms with Crippen molar-refractivity contribution in [2.45, 2.75) is 13.0 Å². The van der Waals surface area contributed by atoms with Crippen molar-refractivity contribution in [3.8, 4) is 6.07 Å². The summed E-state index contributed by atoms with van der Waals surface area (Å²) < 4.78 is 5.23. The average molecular weight is 413 g/mol. The third-order valence-corrected chi connectivity index (χ3v) is 4.76. The van der Waals surface area contributed by atoms with Crippen LogP contribution in [0.2, 0.25) is 0 Å². The second-order valence-electron chi connectivity index (χ2n) is 7.22. The van der Waals surface area contributed by atoms with Gasteiger partial charge in [-0.05, 0) is 42.1 Å². The zero-order valence-electron chi connectivity index (χ0n) is 17.6. The lowest BCUT2D eigenvalue weighted by Gasteiger charge is -2.14. The van der Waals surface area contributed by atoms with Gasteiger partial charge in [-0.3, -0.25) is 4.79 Å². The van der Waals surface area contributed by atoms with Crippen molar-refractivity contribution in [1.29, 1.82) is 5.26 Å². The van der Waals surface area contributed by atoms with Crippen LogP contribution in [0.1, 0.15) is 12.5 Å². The first-order chi connectivity index (χ1) is 14.9. The number of anilines is 2. The molecule has 0 aromatic heterocycles. The van der Waals surface area contributed by atoms with Gasteiger partial charge in [-0.2, -0.15) is 5.26 Å². The van der Waals surface area contributed by atoms with Gasteiger partial charge in [0.2, 0.25) is 0 Å². The first kappa shape index (κ1) is 21.6. The summed E-state index contributed by atoms with van der Waals surface area (Å²) in [6, 6.07) is 22.4. The Hall–Kier alpha value is -4.11. The van der Waals surface area contributed by atoms with E-state index < -0.39 is 18.0 Å². The number of esters is 1. The Kier molecular flexibility index (Phi) is 6.68. The molecule has 1 atom stereocenters. The largest absolute Gasteiger partial charge is 0.448 e. The molecule has 1 N–H and O–H groups in total. The first-order valence-corrected chi connectivity index (χ1v) is 9.78. The predicted octanol–water partition coefficient (Wildman–Crippen LogP) is 4.38. The Bertz CT molecular complexity index is 1170. The monoisotopic (exact) mass is 413 g/mol. The fourth-order valence-corrected chi connectivity index (χ4v) is 3.02. The van der Waals surface area contributed by atoms with Crippen LogP contribution in [-0.2, 0) is 14.3 Å². The van der Waals surface area contributed by atoms with E-state index in [0.717, 1.165) is 16.5 Å². The molecule has 0 aliphatic rings. The zero-order valence-corrected chi connectivity index (χ0v) is 17.6. The molecule has 0 saturated carbocycles. The lowest BCUT2D eigenvalue weighted by atomic mass is 10.1. The summed E-state index contributed by atoms with van der Waals surface area (Å²) in [7, 11) is 3.85. The zero-order chi connectivity index (χ0) is 22.4. The molecule has 3 rings (SSSR count). The van der Waals surface area contributed by atoms with E-state index in [4.69, 9.17) is 4.74 Å². The van der Waals surface area contributed by atoms with E-state index in [9.17, 15) is 14.9 Å². The van der Waals surface area contributed by atoms with Crippen molar-refractivity contribution in [1.82, 2.24) is 0 Å². The molecule has 0 unspecified atom stereocenters. The highest BCUT2D eigenvalue weighted by Gasteiger charge is 2.21. The number of fused-ring (bicyclic) bond motifs is 1. The van der Waals surface area contributed by atoms with Crippen LogP contribution < -0.4 is 10.2 Å². The van der Waals surface area contributed by atoms with Crippen molar-refractivity contribution in [3.05, 3.63) is 77.9 Å². The maximum Gasteiger partial charge on any atom is 0.349 e. The molecule has 0 radical (unpaired) electrons. The van der Waals surface area contributed by atoms with Gasteiger partial charge in [-0.1, -0.05) is 48.5 Å². The number of nitrogens with one attached hydrogen (secondary N) is 1. The van der Waals surface area contributed by atoms with Crippen molar-refractivity contribution in [2.24, 2.45) is 0 Å². The van der Waals surface area contributed by atoms with Gasteiger partial charge in [0.1, 0.15) is 11.6 Å². The van der Waals surface area contributed by atoms with Crippen molar-refractivity contribution >= 4 is 40.1 Å². The number of amides is 1. The van der Waals surface area contributed by atoms with Crippen LogP contribution in [0.15, 0.2) is 72.3 Å². The Morgan fingerprint density at radius 3 is 2.39 bits per heavy atom. The highest BCUT2D eigenvalue weighted by atomic mass is 16.5. The number of ether oxygens (including phenoxy) is 1. The van der Waals surface area contributed by atoms with E-state index in [1.807, 2.05) is 73.6 Å². The van der Waals surface area contributed by atoms with Gasteiger partial charge in [0.25, 0.3) is 5.91 Å². The van der Waals surface area contributed by atoms with E-state index >= 15 is 0 Å². The predicted molar refractivity (Wildman–Crippen MR) is 122 cm³/mol. The van der Waals surface area contributed by atoms with E-state index in [2.05, 4.69) is 5.32 Å². The molecule has 1 amide bonds. The molecule has 0 spiro atoms. The van der Waals surface area contributed by atoms with E-state index in [-0.39, 0.29) is 5.57 Å². The second-order valence-corrected chi connectivity index (χ2v) is 7.22. The molecular formula is C25H23N3O3. The Balaban J connectivity index is 1.69. The van der Waals surface area contributed by atoms with Crippen LogP contribution in [0.25, 0.3) is 16.8 Å². The summed E-state index contributed by atoms with van der Waals surface area (Å²) in [6.45, 7) is 1.47. The van der Waals surface area contributed by atoms with Crippen LogP contribution in [-0.4, -0.2) is 32.1 Å². The Labute approximate surface area is 181 Å². The molecule has 0 bridgehead atoms. The first-order valence-electron chi connectivity index (χ1n) is 9.78. The SMILES string of the molecule is C[C@@H](OC(=O)/C(C#N)=C/c1ccc(N(C)C)cc1)C(=O)Nc1cccc2ccccc12. The summed E-state index contributed by atoms with van der Waals surface area (Å²) >= 11 is 0. The molecule has 0 aliphatic heterocycles. The fourth-order valence-electron chi connectivity index (χ4n) is 3.02. The summed E-state index contributed by atoms with van der Waals surface area (Å²) in [5.41, 5.74) is 2.13. The van der Waals surface area contributed by atoms with E-state index in [0.29, 0.717) is 11.3 Å². The number of hydrogen-bond donors (Lipinski definition) is 1. The van der Waals surface area contributed by atoms with Crippen LogP contribution in [0.5, 0.6) is 0 Å². The van der Waals surface area contributed by atoms with Crippen molar-refractivity contribution in [2.75, 3.05) is 24.3 Å². The van der Waals surface area contributed by atoms with Crippen LogP contribution >= 0.6 is 0 Å². The van der Waals surface area contributed by atoms with Crippen LogP contribution in [0.4, 0.5) is 11.4 Å². The van der Waals surface area contributed by atoms with E-state index in [1.165, 1.54) is 13.0 Å². The quantitative estimate of drug-likeness (QED) is 0.368. The normalized spacial score (nSPS) is 12.0. The molecule has 31 heavy (non-hydrogen) atoms. The highest BCUT2D eigenvalue weighted by Crippen LogP contribution is 2.23. The molecule has 156 valence electrons. The lowest BCUT2D eigenvalue weighted by molar-refractivity contribution is -0.148. The molecule has 0 fully saturated rings. The third kappa shape index (κ3) is 5.28. The molecule has 0 aliphatic carbocycles. The van der Waals surface area contributed by atoms with Gasteiger partial charge in [0, 0.05) is 30.9 Å². The molecule has 3 aromatic rings. The Morgan fingerprint density at radius 2 is 1.71 bits per heavy atom. The summed E-state index contributed by atoms with van der Waals surface area (Å²) in [5.74, 6) is -1.32. The van der Waals surface area contributed by atoms with Gasteiger partial charge in [-0.25, -0.2) is 4.79 Å².